The number of phenols is 1. The molecular formula is C23H27Cl2NO3S. The Kier molecular flexibility index (Phi) is 7.83. The summed E-state index contributed by atoms with van der Waals surface area (Å²) in [6.07, 6.45) is 3.09. The molecule has 2 N–H and O–H groups in total. The van der Waals surface area contributed by atoms with Crippen molar-refractivity contribution in [3.8, 4) is 5.75 Å². The van der Waals surface area contributed by atoms with Crippen LogP contribution in [0.4, 0.5) is 5.69 Å². The van der Waals surface area contributed by atoms with Crippen LogP contribution in [0.2, 0.25) is 10.0 Å². The van der Waals surface area contributed by atoms with Gasteiger partial charge in [-0.2, -0.15) is 0 Å². The molecule has 0 saturated heterocycles. The van der Waals surface area contributed by atoms with Gasteiger partial charge in [0.15, 0.2) is 0 Å². The fraction of sp³-hybridized carbons (Fsp3) is 0.435. The SMILES string of the molecule is CC1CCC(C(C)C)C(OC(=O)c2ccccc2NSc2cc(Cl)cc(Cl)c2O)C1. The Bertz CT molecular complexity index is 906. The third-order valence-corrected chi connectivity index (χ3v) is 6.99. The molecule has 1 fully saturated rings. The van der Waals surface area contributed by atoms with Gasteiger partial charge in [-0.3, -0.25) is 0 Å². The number of nitrogens with one attached hydrogen (secondary N) is 1. The second-order valence-electron chi connectivity index (χ2n) is 8.25. The maximum absolute atomic E-state index is 13.0. The van der Waals surface area contributed by atoms with E-state index < -0.39 is 0 Å². The summed E-state index contributed by atoms with van der Waals surface area (Å²) in [7, 11) is 0. The minimum Gasteiger partial charge on any atom is -0.505 e. The Balaban J connectivity index is 1.75. The first kappa shape index (κ1) is 23.1. The number of anilines is 1. The van der Waals surface area contributed by atoms with Crippen LogP contribution < -0.4 is 4.72 Å². The first-order valence-corrected chi connectivity index (χ1v) is 11.7. The lowest BCUT2D eigenvalue weighted by molar-refractivity contribution is -0.0173. The zero-order chi connectivity index (χ0) is 21.8. The number of esters is 1. The number of hydrogen-bond acceptors (Lipinski definition) is 5. The number of benzene rings is 2. The van der Waals surface area contributed by atoms with Crippen molar-refractivity contribution >= 4 is 46.8 Å². The maximum atomic E-state index is 13.0. The van der Waals surface area contributed by atoms with Gasteiger partial charge in [0.25, 0.3) is 0 Å². The largest absolute Gasteiger partial charge is 0.505 e. The van der Waals surface area contributed by atoms with Gasteiger partial charge in [-0.15, -0.1) is 0 Å². The quantitative estimate of drug-likeness (QED) is 0.341. The van der Waals surface area contributed by atoms with E-state index in [4.69, 9.17) is 27.9 Å². The van der Waals surface area contributed by atoms with E-state index in [0.29, 0.717) is 38.9 Å². The molecule has 1 aliphatic rings. The van der Waals surface area contributed by atoms with Crippen LogP contribution in [0.25, 0.3) is 0 Å². The number of hydrogen-bond donors (Lipinski definition) is 2. The zero-order valence-corrected chi connectivity index (χ0v) is 19.7. The summed E-state index contributed by atoms with van der Waals surface area (Å²) in [5, 5.41) is 10.7. The molecule has 3 rings (SSSR count). The Labute approximate surface area is 192 Å². The van der Waals surface area contributed by atoms with Crippen LogP contribution >= 0.6 is 35.1 Å². The number of aromatic hydroxyl groups is 1. The summed E-state index contributed by atoms with van der Waals surface area (Å²) in [6.45, 7) is 6.60. The molecule has 0 aromatic heterocycles. The van der Waals surface area contributed by atoms with Crippen molar-refractivity contribution in [2.45, 2.75) is 51.0 Å². The van der Waals surface area contributed by atoms with Crippen LogP contribution in [0, 0.1) is 17.8 Å². The van der Waals surface area contributed by atoms with Crippen molar-refractivity contribution in [3.63, 3.8) is 0 Å². The monoisotopic (exact) mass is 467 g/mol. The van der Waals surface area contributed by atoms with Crippen LogP contribution in [0.15, 0.2) is 41.3 Å². The summed E-state index contributed by atoms with van der Waals surface area (Å²) < 4.78 is 9.12. The number of para-hydroxylation sites is 1. The zero-order valence-electron chi connectivity index (χ0n) is 17.3. The predicted molar refractivity (Wildman–Crippen MR) is 125 cm³/mol. The molecule has 0 bridgehead atoms. The molecule has 0 amide bonds. The van der Waals surface area contributed by atoms with Crippen molar-refractivity contribution in [2.75, 3.05) is 4.72 Å². The molecule has 30 heavy (non-hydrogen) atoms. The van der Waals surface area contributed by atoms with E-state index in [0.717, 1.165) is 24.8 Å². The Morgan fingerprint density at radius 1 is 1.23 bits per heavy atom. The molecule has 0 aliphatic heterocycles. The average molecular weight is 468 g/mol. The minimum atomic E-state index is -0.336. The molecule has 3 atom stereocenters. The number of halogens is 2. The number of carbonyl (C=O) groups excluding carboxylic acids is 1. The highest BCUT2D eigenvalue weighted by atomic mass is 35.5. The number of ether oxygens (including phenoxy) is 1. The summed E-state index contributed by atoms with van der Waals surface area (Å²) in [5.74, 6) is 1.00. The predicted octanol–water partition coefficient (Wildman–Crippen LogP) is 7.44. The Morgan fingerprint density at radius 2 is 1.97 bits per heavy atom. The molecule has 0 radical (unpaired) electrons. The third kappa shape index (κ3) is 5.57. The van der Waals surface area contributed by atoms with E-state index in [1.54, 1.807) is 18.2 Å². The Morgan fingerprint density at radius 3 is 2.70 bits per heavy atom. The lowest BCUT2D eigenvalue weighted by Gasteiger charge is -2.36. The standard InChI is InChI=1S/C23H27Cl2NO3S/c1-13(2)16-9-8-14(3)10-20(16)29-23(28)17-6-4-5-7-19(17)26-30-21-12-15(24)11-18(25)22(21)27/h4-7,11-14,16,20,26-27H,8-10H2,1-3H3. The molecule has 0 spiro atoms. The highest BCUT2D eigenvalue weighted by Gasteiger charge is 2.34. The van der Waals surface area contributed by atoms with Crippen LogP contribution in [-0.4, -0.2) is 17.2 Å². The molecule has 0 heterocycles. The van der Waals surface area contributed by atoms with Gasteiger partial charge in [-0.05, 0) is 66.8 Å². The average Bonchev–Trinajstić information content (AvgIpc) is 2.69. The molecule has 1 saturated carbocycles. The molecule has 7 heteroatoms. The highest BCUT2D eigenvalue weighted by molar-refractivity contribution is 8.00. The second kappa shape index (κ2) is 10.2. The molecule has 3 unspecified atom stereocenters. The smallest absolute Gasteiger partial charge is 0.340 e. The van der Waals surface area contributed by atoms with Gasteiger partial charge in [0.2, 0.25) is 0 Å². The number of carbonyl (C=O) groups is 1. The molecular weight excluding hydrogens is 441 g/mol. The van der Waals surface area contributed by atoms with Gasteiger partial charge in [0, 0.05) is 5.02 Å². The van der Waals surface area contributed by atoms with Crippen LogP contribution in [0.3, 0.4) is 0 Å². The van der Waals surface area contributed by atoms with Gasteiger partial charge in [0.05, 0.1) is 21.2 Å². The first-order valence-electron chi connectivity index (χ1n) is 10.2. The first-order chi connectivity index (χ1) is 14.3. The van der Waals surface area contributed by atoms with Gasteiger partial charge >= 0.3 is 5.97 Å². The fourth-order valence-electron chi connectivity index (χ4n) is 3.93. The lowest BCUT2D eigenvalue weighted by atomic mass is 9.75. The van der Waals surface area contributed by atoms with Crippen LogP contribution in [0.5, 0.6) is 5.75 Å². The lowest BCUT2D eigenvalue weighted by Crippen LogP contribution is -2.36. The van der Waals surface area contributed by atoms with E-state index in [1.165, 1.54) is 12.5 Å². The normalized spacial score (nSPS) is 21.5. The minimum absolute atomic E-state index is 0.0606. The molecule has 2 aromatic carbocycles. The van der Waals surface area contributed by atoms with Crippen LogP contribution in [0.1, 0.15) is 50.4 Å². The fourth-order valence-corrected chi connectivity index (χ4v) is 5.34. The topological polar surface area (TPSA) is 58.6 Å². The van der Waals surface area contributed by atoms with Crippen molar-refractivity contribution in [2.24, 2.45) is 17.8 Å². The van der Waals surface area contributed by atoms with Crippen molar-refractivity contribution in [1.82, 2.24) is 0 Å². The number of rotatable bonds is 6. The Hall–Kier alpha value is -1.56. The van der Waals surface area contributed by atoms with Crippen LogP contribution in [-0.2, 0) is 4.74 Å². The van der Waals surface area contributed by atoms with E-state index >= 15 is 0 Å². The van der Waals surface area contributed by atoms with Crippen molar-refractivity contribution < 1.29 is 14.6 Å². The molecule has 2 aromatic rings. The molecule has 1 aliphatic carbocycles. The summed E-state index contributed by atoms with van der Waals surface area (Å²) in [5.41, 5.74) is 1.06. The van der Waals surface area contributed by atoms with Crippen molar-refractivity contribution in [1.29, 1.82) is 0 Å². The van der Waals surface area contributed by atoms with Gasteiger partial charge < -0.3 is 14.6 Å². The van der Waals surface area contributed by atoms with Gasteiger partial charge in [-0.1, -0.05) is 62.5 Å². The van der Waals surface area contributed by atoms with Crippen molar-refractivity contribution in [3.05, 3.63) is 52.0 Å². The molecule has 4 nitrogen and oxygen atoms in total. The highest BCUT2D eigenvalue weighted by Crippen LogP contribution is 2.39. The second-order valence-corrected chi connectivity index (χ2v) is 9.95. The maximum Gasteiger partial charge on any atom is 0.340 e. The summed E-state index contributed by atoms with van der Waals surface area (Å²) in [4.78, 5) is 13.5. The van der Waals surface area contributed by atoms with E-state index in [1.807, 2.05) is 12.1 Å². The van der Waals surface area contributed by atoms with E-state index in [-0.39, 0.29) is 22.8 Å². The number of phenolic OH excluding ortho intramolecular Hbond substituents is 1. The van der Waals surface area contributed by atoms with Gasteiger partial charge in [0.1, 0.15) is 11.9 Å². The van der Waals surface area contributed by atoms with E-state index in [2.05, 4.69) is 25.5 Å². The summed E-state index contributed by atoms with van der Waals surface area (Å²) >= 11 is 13.2. The van der Waals surface area contributed by atoms with Gasteiger partial charge in [-0.25, -0.2) is 4.79 Å². The summed E-state index contributed by atoms with van der Waals surface area (Å²) in [6, 6.07) is 10.3. The molecule has 162 valence electrons. The van der Waals surface area contributed by atoms with E-state index in [9.17, 15) is 9.90 Å². The third-order valence-electron chi connectivity index (χ3n) is 5.63.